The van der Waals surface area contributed by atoms with Crippen LogP contribution in [0.25, 0.3) is 10.2 Å². The first-order chi connectivity index (χ1) is 15.1. The highest BCUT2D eigenvalue weighted by Gasteiger charge is 2.29. The second-order valence-electron chi connectivity index (χ2n) is 7.19. The first-order valence-electron chi connectivity index (χ1n) is 9.99. The lowest BCUT2D eigenvalue weighted by Gasteiger charge is -2.16. The van der Waals surface area contributed by atoms with Crippen molar-refractivity contribution in [1.82, 2.24) is 20.2 Å². The van der Waals surface area contributed by atoms with Crippen LogP contribution in [0, 0.1) is 0 Å². The molecule has 3 aromatic heterocycles. The summed E-state index contributed by atoms with van der Waals surface area (Å²) in [7, 11) is 1.87. The van der Waals surface area contributed by atoms with Gasteiger partial charge in [-0.05, 0) is 43.9 Å². The Morgan fingerprint density at radius 1 is 1.26 bits per heavy atom. The summed E-state index contributed by atoms with van der Waals surface area (Å²) in [4.78, 5) is 22.8. The predicted molar refractivity (Wildman–Crippen MR) is 123 cm³/mol. The monoisotopic (exact) mass is 452 g/mol. The molecule has 0 bridgehead atoms. The Balaban J connectivity index is 1.41. The molecule has 0 amide bonds. The number of ether oxygens (including phenoxy) is 1. The minimum Gasteiger partial charge on any atom is -0.461 e. The van der Waals surface area contributed by atoms with Crippen LogP contribution in [0.3, 0.4) is 0 Å². The summed E-state index contributed by atoms with van der Waals surface area (Å²) in [5.74, 6) is 1.47. The molecule has 8 nitrogen and oxygen atoms in total. The first kappa shape index (κ1) is 19.8. The van der Waals surface area contributed by atoms with Gasteiger partial charge in [0, 0.05) is 18.0 Å². The zero-order chi connectivity index (χ0) is 21.4. The zero-order valence-corrected chi connectivity index (χ0v) is 18.7. The van der Waals surface area contributed by atoms with Crippen molar-refractivity contribution < 1.29 is 9.53 Å². The van der Waals surface area contributed by atoms with Crippen LogP contribution in [-0.2, 0) is 4.74 Å². The van der Waals surface area contributed by atoms with Crippen LogP contribution in [0.5, 0.6) is 0 Å². The molecule has 5 rings (SSSR count). The molecule has 0 aliphatic heterocycles. The third kappa shape index (κ3) is 4.08. The van der Waals surface area contributed by atoms with Gasteiger partial charge in [0.15, 0.2) is 27.6 Å². The van der Waals surface area contributed by atoms with Crippen LogP contribution in [0.15, 0.2) is 35.7 Å². The van der Waals surface area contributed by atoms with Gasteiger partial charge in [0.1, 0.15) is 0 Å². The van der Waals surface area contributed by atoms with Crippen molar-refractivity contribution in [3.63, 3.8) is 0 Å². The van der Waals surface area contributed by atoms with Crippen LogP contribution in [0.2, 0.25) is 0 Å². The molecule has 158 valence electrons. The number of para-hydroxylation sites is 1. The molecule has 0 saturated heterocycles. The molecule has 4 aromatic rings. The number of carbonyl (C=O) groups excluding carboxylic acids is 1. The van der Waals surface area contributed by atoms with Crippen LogP contribution in [0.4, 0.5) is 21.9 Å². The summed E-state index contributed by atoms with van der Waals surface area (Å²) in [5.41, 5.74) is 2.39. The lowest BCUT2D eigenvalue weighted by Crippen LogP contribution is -2.14. The van der Waals surface area contributed by atoms with Gasteiger partial charge in [-0.2, -0.15) is 0 Å². The summed E-state index contributed by atoms with van der Waals surface area (Å²) in [6.45, 7) is 2.09. The van der Waals surface area contributed by atoms with E-state index in [4.69, 9.17) is 4.74 Å². The number of fused-ring (bicyclic) bond motifs is 1. The van der Waals surface area contributed by atoms with Gasteiger partial charge in [0.25, 0.3) is 0 Å². The van der Waals surface area contributed by atoms with Crippen LogP contribution in [-0.4, -0.2) is 39.8 Å². The minimum absolute atomic E-state index is 0.304. The summed E-state index contributed by atoms with van der Waals surface area (Å²) < 4.78 is 6.15. The molecule has 1 aromatic carbocycles. The maximum absolute atomic E-state index is 11.9. The number of carbonyl (C=O) groups is 1. The molecule has 1 saturated carbocycles. The van der Waals surface area contributed by atoms with E-state index in [2.05, 4.69) is 31.5 Å². The van der Waals surface area contributed by atoms with Gasteiger partial charge in [-0.3, -0.25) is 0 Å². The van der Waals surface area contributed by atoms with E-state index in [9.17, 15) is 4.79 Å². The zero-order valence-electron chi connectivity index (χ0n) is 17.0. The normalized spacial score (nSPS) is 13.4. The van der Waals surface area contributed by atoms with E-state index < -0.39 is 5.97 Å². The molecule has 0 atom stereocenters. The number of anilines is 4. The maximum atomic E-state index is 11.9. The summed E-state index contributed by atoms with van der Waals surface area (Å²) >= 11 is 2.97. The van der Waals surface area contributed by atoms with Crippen LogP contribution in [0.1, 0.15) is 41.7 Å². The van der Waals surface area contributed by atoms with Crippen molar-refractivity contribution in [2.45, 2.75) is 25.7 Å². The third-order valence-corrected chi connectivity index (χ3v) is 6.82. The van der Waals surface area contributed by atoms with Gasteiger partial charge in [0.2, 0.25) is 0 Å². The van der Waals surface area contributed by atoms with Crippen LogP contribution < -0.4 is 10.2 Å². The molecule has 1 aliphatic rings. The van der Waals surface area contributed by atoms with E-state index in [-0.39, 0.29) is 0 Å². The van der Waals surface area contributed by atoms with Crippen molar-refractivity contribution in [3.05, 3.63) is 47.0 Å². The average Bonchev–Trinajstić information content (AvgIpc) is 3.35. The number of nitrogens with zero attached hydrogens (tertiary/aromatic N) is 5. The lowest BCUT2D eigenvalue weighted by molar-refractivity contribution is 0.0520. The molecule has 0 unspecified atom stereocenters. The molecular weight excluding hydrogens is 432 g/mol. The summed E-state index contributed by atoms with van der Waals surface area (Å²) in [6.07, 6.45) is 2.27. The van der Waals surface area contributed by atoms with Gasteiger partial charge in [-0.1, -0.05) is 23.5 Å². The SMILES string of the molecule is CCOC(=O)c1csc(N(C)c2cc(C3CC3)c(Nc3nc4ccccc4s3)nn2)n1. The van der Waals surface area contributed by atoms with Crippen LogP contribution >= 0.6 is 22.7 Å². The molecule has 3 heterocycles. The molecule has 10 heteroatoms. The molecular formula is C21H20N6O2S2. The number of hydrogen-bond acceptors (Lipinski definition) is 10. The number of hydrogen-bond donors (Lipinski definition) is 1. The Morgan fingerprint density at radius 2 is 2.10 bits per heavy atom. The number of thiazole rings is 2. The van der Waals surface area contributed by atoms with E-state index in [0.717, 1.165) is 39.6 Å². The quantitative estimate of drug-likeness (QED) is 0.387. The van der Waals surface area contributed by atoms with Gasteiger partial charge in [-0.15, -0.1) is 21.5 Å². The number of benzene rings is 1. The molecule has 1 fully saturated rings. The molecule has 1 aliphatic carbocycles. The third-order valence-electron chi connectivity index (χ3n) is 4.95. The average molecular weight is 453 g/mol. The Labute approximate surface area is 186 Å². The highest BCUT2D eigenvalue weighted by molar-refractivity contribution is 7.22. The number of esters is 1. The van der Waals surface area contributed by atoms with Gasteiger partial charge >= 0.3 is 5.97 Å². The van der Waals surface area contributed by atoms with E-state index in [1.807, 2.05) is 36.2 Å². The Morgan fingerprint density at radius 3 is 2.87 bits per heavy atom. The minimum atomic E-state index is -0.418. The fourth-order valence-electron chi connectivity index (χ4n) is 3.20. The van der Waals surface area contributed by atoms with Crippen molar-refractivity contribution >= 4 is 60.8 Å². The highest BCUT2D eigenvalue weighted by Crippen LogP contribution is 2.44. The number of nitrogens with one attached hydrogen (secondary N) is 1. The second-order valence-corrected chi connectivity index (χ2v) is 9.05. The van der Waals surface area contributed by atoms with E-state index in [1.165, 1.54) is 11.3 Å². The molecule has 0 spiro atoms. The predicted octanol–water partition coefficient (Wildman–Crippen LogP) is 5.11. The van der Waals surface area contributed by atoms with Gasteiger partial charge in [-0.25, -0.2) is 14.8 Å². The van der Waals surface area contributed by atoms with Crippen molar-refractivity contribution in [2.75, 3.05) is 23.9 Å². The fourth-order valence-corrected chi connectivity index (χ4v) is 4.84. The van der Waals surface area contributed by atoms with Gasteiger partial charge < -0.3 is 15.0 Å². The smallest absolute Gasteiger partial charge is 0.357 e. The Bertz CT molecular complexity index is 1220. The van der Waals surface area contributed by atoms with E-state index in [1.54, 1.807) is 23.6 Å². The Hall–Kier alpha value is -3.11. The van der Waals surface area contributed by atoms with Gasteiger partial charge in [0.05, 0.1) is 16.8 Å². The highest BCUT2D eigenvalue weighted by atomic mass is 32.1. The van der Waals surface area contributed by atoms with Crippen molar-refractivity contribution in [3.8, 4) is 0 Å². The van der Waals surface area contributed by atoms with Crippen molar-refractivity contribution in [1.29, 1.82) is 0 Å². The van der Waals surface area contributed by atoms with Crippen molar-refractivity contribution in [2.24, 2.45) is 0 Å². The molecule has 1 N–H and O–H groups in total. The second kappa shape index (κ2) is 8.20. The first-order valence-corrected chi connectivity index (χ1v) is 11.7. The molecule has 31 heavy (non-hydrogen) atoms. The number of aromatic nitrogens is 4. The number of rotatable bonds is 7. The topological polar surface area (TPSA) is 93.1 Å². The summed E-state index contributed by atoms with van der Waals surface area (Å²) in [5, 5.41) is 15.4. The summed E-state index contributed by atoms with van der Waals surface area (Å²) in [6, 6.07) is 10.1. The van der Waals surface area contributed by atoms with E-state index in [0.29, 0.717) is 29.2 Å². The fraction of sp³-hybridized carbons (Fsp3) is 0.286. The standard InChI is InChI=1S/C21H20N6O2S2/c1-3-29-19(28)15-11-30-21(23-15)27(2)17-10-13(12-8-9-12)18(26-25-17)24-20-22-14-6-4-5-7-16(14)31-20/h4-7,10-12H,3,8-9H2,1-2H3,(H,22,24,26). The largest absolute Gasteiger partial charge is 0.461 e. The molecule has 0 radical (unpaired) electrons. The lowest BCUT2D eigenvalue weighted by atomic mass is 10.2. The maximum Gasteiger partial charge on any atom is 0.357 e. The van der Waals surface area contributed by atoms with E-state index >= 15 is 0 Å². The Kier molecular flexibility index (Phi) is 5.24.